The van der Waals surface area contributed by atoms with Gasteiger partial charge >= 0.3 is 0 Å². The van der Waals surface area contributed by atoms with Crippen molar-refractivity contribution >= 4 is 22.5 Å². The molecule has 3 aromatic carbocycles. The first-order valence-electron chi connectivity index (χ1n) is 10.6. The van der Waals surface area contributed by atoms with E-state index in [4.69, 9.17) is 21.3 Å². The van der Waals surface area contributed by atoms with Crippen LogP contribution in [0.3, 0.4) is 0 Å². The Morgan fingerprint density at radius 2 is 1.61 bits per heavy atom. The molecule has 0 saturated carbocycles. The van der Waals surface area contributed by atoms with Crippen molar-refractivity contribution in [1.29, 1.82) is 0 Å². The standard InChI is InChI=1S/C28H28ClNO/c1-18-10-9-13-24-27(18)26(31-17-20-11-7-6-8-12-20)16-25(30-24)21-15-23(29)22(14-19(21)2)28(3,4)5/h6-16H,17H2,1-5H3. The highest BCUT2D eigenvalue weighted by Crippen LogP contribution is 2.38. The summed E-state index contributed by atoms with van der Waals surface area (Å²) < 4.78 is 6.32. The first-order chi connectivity index (χ1) is 14.7. The monoisotopic (exact) mass is 429 g/mol. The van der Waals surface area contributed by atoms with Crippen molar-refractivity contribution in [2.45, 2.75) is 46.6 Å². The van der Waals surface area contributed by atoms with Crippen LogP contribution in [0.25, 0.3) is 22.2 Å². The normalized spacial score (nSPS) is 11.7. The zero-order valence-corrected chi connectivity index (χ0v) is 19.5. The second kappa shape index (κ2) is 8.36. The molecule has 3 heteroatoms. The molecule has 4 aromatic rings. The third kappa shape index (κ3) is 4.45. The lowest BCUT2D eigenvalue weighted by Gasteiger charge is -2.22. The first kappa shape index (κ1) is 21.4. The van der Waals surface area contributed by atoms with E-state index in [1.54, 1.807) is 0 Å². The van der Waals surface area contributed by atoms with Gasteiger partial charge in [-0.05, 0) is 53.6 Å². The first-order valence-corrected chi connectivity index (χ1v) is 11.0. The number of aryl methyl sites for hydroxylation is 2. The highest BCUT2D eigenvalue weighted by molar-refractivity contribution is 6.31. The summed E-state index contributed by atoms with van der Waals surface area (Å²) in [7, 11) is 0. The number of nitrogens with zero attached hydrogens (tertiary/aromatic N) is 1. The molecule has 0 aliphatic rings. The third-order valence-electron chi connectivity index (χ3n) is 5.64. The Bertz CT molecular complexity index is 1240. The SMILES string of the molecule is Cc1cc(C(C)(C)C)c(Cl)cc1-c1cc(OCc2ccccc2)c2c(C)cccc2n1. The molecular weight excluding hydrogens is 402 g/mol. The van der Waals surface area contributed by atoms with Crippen molar-refractivity contribution in [3.05, 3.63) is 94.0 Å². The summed E-state index contributed by atoms with van der Waals surface area (Å²) in [6.07, 6.45) is 0. The lowest BCUT2D eigenvalue weighted by atomic mass is 9.85. The Kier molecular flexibility index (Phi) is 5.77. The zero-order chi connectivity index (χ0) is 22.2. The summed E-state index contributed by atoms with van der Waals surface area (Å²) in [5, 5.41) is 1.82. The summed E-state index contributed by atoms with van der Waals surface area (Å²) in [6, 6.07) is 22.7. The molecule has 31 heavy (non-hydrogen) atoms. The Morgan fingerprint density at radius 3 is 2.32 bits per heavy atom. The topological polar surface area (TPSA) is 22.1 Å². The van der Waals surface area contributed by atoms with Crippen LogP contribution in [0.4, 0.5) is 0 Å². The number of hydrogen-bond acceptors (Lipinski definition) is 2. The van der Waals surface area contributed by atoms with E-state index in [1.807, 2.05) is 42.5 Å². The smallest absolute Gasteiger partial charge is 0.131 e. The van der Waals surface area contributed by atoms with Crippen LogP contribution in [0.15, 0.2) is 66.7 Å². The van der Waals surface area contributed by atoms with Crippen LogP contribution >= 0.6 is 11.6 Å². The van der Waals surface area contributed by atoms with Gasteiger partial charge in [0.15, 0.2) is 0 Å². The Labute approximate surface area is 189 Å². The Balaban J connectivity index is 1.83. The molecule has 4 rings (SSSR count). The molecule has 0 aliphatic carbocycles. The van der Waals surface area contributed by atoms with Gasteiger partial charge in [-0.1, -0.05) is 80.9 Å². The number of rotatable bonds is 4. The van der Waals surface area contributed by atoms with Crippen LogP contribution in [0.2, 0.25) is 5.02 Å². The van der Waals surface area contributed by atoms with Crippen LogP contribution in [0, 0.1) is 13.8 Å². The second-order valence-corrected chi connectivity index (χ2v) is 9.55. The fourth-order valence-corrected chi connectivity index (χ4v) is 4.39. The number of benzene rings is 3. The predicted octanol–water partition coefficient (Wildman–Crippen LogP) is 8.05. The molecule has 0 spiro atoms. The molecule has 158 valence electrons. The Hall–Kier alpha value is -2.84. The molecule has 0 saturated heterocycles. The molecule has 0 bridgehead atoms. The maximum atomic E-state index is 6.70. The lowest BCUT2D eigenvalue weighted by Crippen LogP contribution is -2.12. The van der Waals surface area contributed by atoms with E-state index in [-0.39, 0.29) is 5.41 Å². The molecule has 0 amide bonds. The zero-order valence-electron chi connectivity index (χ0n) is 18.8. The molecule has 0 fully saturated rings. The predicted molar refractivity (Wildman–Crippen MR) is 131 cm³/mol. The largest absolute Gasteiger partial charge is 0.488 e. The van der Waals surface area contributed by atoms with Gasteiger partial charge in [-0.15, -0.1) is 0 Å². The highest BCUT2D eigenvalue weighted by Gasteiger charge is 2.20. The quantitative estimate of drug-likeness (QED) is 0.327. The highest BCUT2D eigenvalue weighted by atomic mass is 35.5. The van der Waals surface area contributed by atoms with Gasteiger partial charge in [0.1, 0.15) is 12.4 Å². The van der Waals surface area contributed by atoms with Crippen molar-refractivity contribution in [2.24, 2.45) is 0 Å². The van der Waals surface area contributed by atoms with Gasteiger partial charge in [-0.25, -0.2) is 4.98 Å². The number of halogens is 1. The number of aromatic nitrogens is 1. The van der Waals surface area contributed by atoms with Crippen LogP contribution in [0.1, 0.15) is 43.0 Å². The fraction of sp³-hybridized carbons (Fsp3) is 0.250. The van der Waals surface area contributed by atoms with E-state index in [0.717, 1.165) is 55.2 Å². The number of hydrogen-bond donors (Lipinski definition) is 0. The maximum absolute atomic E-state index is 6.70. The Morgan fingerprint density at radius 1 is 0.871 bits per heavy atom. The van der Waals surface area contributed by atoms with Gasteiger partial charge in [0.05, 0.1) is 11.2 Å². The summed E-state index contributed by atoms with van der Waals surface area (Å²) in [6.45, 7) is 11.3. The van der Waals surface area contributed by atoms with Crippen LogP contribution in [-0.2, 0) is 12.0 Å². The number of ether oxygens (including phenoxy) is 1. The molecular formula is C28H28ClNO. The van der Waals surface area contributed by atoms with Crippen molar-refractivity contribution in [1.82, 2.24) is 4.98 Å². The van der Waals surface area contributed by atoms with Crippen LogP contribution in [-0.4, -0.2) is 4.98 Å². The van der Waals surface area contributed by atoms with Crippen LogP contribution < -0.4 is 4.74 Å². The third-order valence-corrected chi connectivity index (χ3v) is 5.95. The minimum absolute atomic E-state index is 0.0156. The van der Waals surface area contributed by atoms with E-state index in [9.17, 15) is 0 Å². The minimum atomic E-state index is -0.0156. The maximum Gasteiger partial charge on any atom is 0.131 e. The fourth-order valence-electron chi connectivity index (χ4n) is 3.94. The van der Waals surface area contributed by atoms with Crippen molar-refractivity contribution in [3.8, 4) is 17.0 Å². The molecule has 0 N–H and O–H groups in total. The minimum Gasteiger partial charge on any atom is -0.488 e. The molecule has 0 radical (unpaired) electrons. The van der Waals surface area contributed by atoms with Gasteiger partial charge in [-0.3, -0.25) is 0 Å². The van der Waals surface area contributed by atoms with Crippen molar-refractivity contribution in [3.63, 3.8) is 0 Å². The van der Waals surface area contributed by atoms with Gasteiger partial charge in [0, 0.05) is 22.0 Å². The summed E-state index contributed by atoms with van der Waals surface area (Å²) in [5.41, 5.74) is 7.41. The van der Waals surface area contributed by atoms with E-state index < -0.39 is 0 Å². The lowest BCUT2D eigenvalue weighted by molar-refractivity contribution is 0.310. The van der Waals surface area contributed by atoms with Crippen molar-refractivity contribution in [2.75, 3.05) is 0 Å². The van der Waals surface area contributed by atoms with Gasteiger partial charge in [0.25, 0.3) is 0 Å². The molecule has 1 aromatic heterocycles. The summed E-state index contributed by atoms with van der Waals surface area (Å²) in [5.74, 6) is 0.845. The van der Waals surface area contributed by atoms with E-state index in [0.29, 0.717) is 6.61 Å². The average molecular weight is 430 g/mol. The molecule has 0 aliphatic heterocycles. The van der Waals surface area contributed by atoms with Crippen molar-refractivity contribution < 1.29 is 4.74 Å². The summed E-state index contributed by atoms with van der Waals surface area (Å²) >= 11 is 6.70. The second-order valence-electron chi connectivity index (χ2n) is 9.15. The number of fused-ring (bicyclic) bond motifs is 1. The average Bonchev–Trinajstić information content (AvgIpc) is 2.73. The van der Waals surface area contributed by atoms with E-state index in [1.165, 1.54) is 0 Å². The molecule has 0 unspecified atom stereocenters. The number of pyridine rings is 1. The molecule has 2 nitrogen and oxygen atoms in total. The molecule has 1 heterocycles. The van der Waals surface area contributed by atoms with E-state index in [2.05, 4.69) is 58.9 Å². The van der Waals surface area contributed by atoms with E-state index >= 15 is 0 Å². The van der Waals surface area contributed by atoms with Gasteiger partial charge < -0.3 is 4.74 Å². The summed E-state index contributed by atoms with van der Waals surface area (Å²) in [4.78, 5) is 4.98. The van der Waals surface area contributed by atoms with Gasteiger partial charge in [-0.2, -0.15) is 0 Å². The van der Waals surface area contributed by atoms with Crippen LogP contribution in [0.5, 0.6) is 5.75 Å². The molecule has 0 atom stereocenters. The van der Waals surface area contributed by atoms with Gasteiger partial charge in [0.2, 0.25) is 0 Å².